The lowest BCUT2D eigenvalue weighted by molar-refractivity contribution is -0.160. The molecule has 0 aromatic heterocycles. The second kappa shape index (κ2) is 4.88. The largest absolute Gasteiger partial charge is 0.440 e. The molecule has 0 heterocycles. The Hall–Kier alpha value is -1.72. The van der Waals surface area contributed by atoms with Gasteiger partial charge < -0.3 is 10.1 Å². The highest BCUT2D eigenvalue weighted by molar-refractivity contribution is 5.68. The molecule has 2 rings (SSSR count). The van der Waals surface area contributed by atoms with E-state index in [4.69, 9.17) is 0 Å². The van der Waals surface area contributed by atoms with Gasteiger partial charge in [-0.05, 0) is 24.0 Å². The first-order chi connectivity index (χ1) is 8.46. The minimum absolute atomic E-state index is 0.262. The van der Waals surface area contributed by atoms with E-state index in [-0.39, 0.29) is 6.04 Å². The van der Waals surface area contributed by atoms with Crippen LogP contribution in [0.4, 0.5) is 18.0 Å². The Kier molecular flexibility index (Phi) is 3.45. The summed E-state index contributed by atoms with van der Waals surface area (Å²) < 4.78 is 39.7. The Morgan fingerprint density at radius 1 is 1.39 bits per heavy atom. The van der Waals surface area contributed by atoms with Crippen molar-refractivity contribution >= 4 is 6.09 Å². The van der Waals surface area contributed by atoms with Gasteiger partial charge in [-0.15, -0.1) is 0 Å². The highest BCUT2D eigenvalue weighted by Crippen LogP contribution is 2.30. The second-order valence-electron chi connectivity index (χ2n) is 4.13. The number of alkyl carbamates (subject to hydrolysis) is 1. The van der Waals surface area contributed by atoms with Crippen LogP contribution < -0.4 is 5.32 Å². The average Bonchev–Trinajstić information content (AvgIpc) is 2.70. The van der Waals surface area contributed by atoms with Crippen LogP contribution in [0.2, 0.25) is 0 Å². The SMILES string of the molecule is O=C(N[C@@H]1CCc2ccccc21)OCC(F)(F)F. The summed E-state index contributed by atoms with van der Waals surface area (Å²) in [6.07, 6.45) is -4.04. The lowest BCUT2D eigenvalue weighted by atomic mass is 10.1. The zero-order chi connectivity index (χ0) is 13.2. The molecule has 1 aromatic rings. The van der Waals surface area contributed by atoms with Crippen molar-refractivity contribution in [1.82, 2.24) is 5.32 Å². The smallest absolute Gasteiger partial charge is 0.422 e. The normalized spacial score (nSPS) is 18.3. The molecule has 3 nitrogen and oxygen atoms in total. The number of ether oxygens (including phenoxy) is 1. The third-order valence-electron chi connectivity index (χ3n) is 2.79. The van der Waals surface area contributed by atoms with E-state index >= 15 is 0 Å². The first kappa shape index (κ1) is 12.7. The summed E-state index contributed by atoms with van der Waals surface area (Å²) >= 11 is 0. The monoisotopic (exact) mass is 259 g/mol. The van der Waals surface area contributed by atoms with Crippen molar-refractivity contribution in [2.75, 3.05) is 6.61 Å². The summed E-state index contributed by atoms with van der Waals surface area (Å²) in [5, 5.41) is 2.45. The number of carbonyl (C=O) groups is 1. The van der Waals surface area contributed by atoms with Crippen LogP contribution in [0.5, 0.6) is 0 Å². The molecule has 0 spiro atoms. The maximum absolute atomic E-state index is 11.9. The summed E-state index contributed by atoms with van der Waals surface area (Å²) in [5.41, 5.74) is 2.06. The molecule has 0 saturated heterocycles. The number of hydrogen-bond donors (Lipinski definition) is 1. The molecule has 0 bridgehead atoms. The number of alkyl halides is 3. The quantitative estimate of drug-likeness (QED) is 0.886. The fraction of sp³-hybridized carbons (Fsp3) is 0.417. The molecular weight excluding hydrogens is 247 g/mol. The summed E-state index contributed by atoms with van der Waals surface area (Å²) in [4.78, 5) is 11.2. The topological polar surface area (TPSA) is 38.3 Å². The van der Waals surface area contributed by atoms with Crippen molar-refractivity contribution in [2.45, 2.75) is 25.1 Å². The molecule has 0 unspecified atom stereocenters. The molecule has 1 atom stereocenters. The summed E-state index contributed by atoms with van der Waals surface area (Å²) in [6.45, 7) is -1.56. The van der Waals surface area contributed by atoms with Crippen LogP contribution in [0.1, 0.15) is 23.6 Å². The first-order valence-electron chi connectivity index (χ1n) is 5.53. The molecule has 0 aliphatic heterocycles. The third-order valence-corrected chi connectivity index (χ3v) is 2.79. The van der Waals surface area contributed by atoms with E-state index in [1.54, 1.807) is 0 Å². The molecule has 1 aromatic carbocycles. The van der Waals surface area contributed by atoms with Gasteiger partial charge >= 0.3 is 12.3 Å². The zero-order valence-corrected chi connectivity index (χ0v) is 9.46. The molecule has 0 saturated carbocycles. The molecule has 6 heteroatoms. The van der Waals surface area contributed by atoms with E-state index in [0.29, 0.717) is 6.42 Å². The number of benzene rings is 1. The number of hydrogen-bond acceptors (Lipinski definition) is 2. The highest BCUT2D eigenvalue weighted by Gasteiger charge is 2.30. The van der Waals surface area contributed by atoms with Crippen LogP contribution in [-0.2, 0) is 11.2 Å². The number of nitrogens with one attached hydrogen (secondary N) is 1. The molecule has 0 fully saturated rings. The Balaban J connectivity index is 1.90. The fourth-order valence-electron chi connectivity index (χ4n) is 2.04. The third kappa shape index (κ3) is 3.15. The zero-order valence-electron chi connectivity index (χ0n) is 9.46. The minimum Gasteiger partial charge on any atom is -0.440 e. The van der Waals surface area contributed by atoms with Crippen LogP contribution in [0.3, 0.4) is 0 Å². The molecule has 1 amide bonds. The van der Waals surface area contributed by atoms with Gasteiger partial charge in [0, 0.05) is 0 Å². The fourth-order valence-corrected chi connectivity index (χ4v) is 2.04. The Morgan fingerprint density at radius 2 is 2.11 bits per heavy atom. The van der Waals surface area contributed by atoms with E-state index in [9.17, 15) is 18.0 Å². The van der Waals surface area contributed by atoms with Crippen LogP contribution in [-0.4, -0.2) is 18.9 Å². The second-order valence-corrected chi connectivity index (χ2v) is 4.13. The van der Waals surface area contributed by atoms with Gasteiger partial charge in [-0.3, -0.25) is 0 Å². The maximum atomic E-state index is 11.9. The van der Waals surface area contributed by atoms with E-state index < -0.39 is 18.9 Å². The molecular formula is C12H12F3NO2. The predicted octanol–water partition coefficient (Wildman–Crippen LogP) is 2.96. The summed E-state index contributed by atoms with van der Waals surface area (Å²) in [5.74, 6) is 0. The van der Waals surface area contributed by atoms with Crippen molar-refractivity contribution in [2.24, 2.45) is 0 Å². The van der Waals surface area contributed by atoms with Gasteiger partial charge in [-0.2, -0.15) is 13.2 Å². The highest BCUT2D eigenvalue weighted by atomic mass is 19.4. The van der Waals surface area contributed by atoms with Crippen molar-refractivity contribution in [3.05, 3.63) is 35.4 Å². The van der Waals surface area contributed by atoms with Crippen LogP contribution in [0.25, 0.3) is 0 Å². The number of carbonyl (C=O) groups excluding carboxylic acids is 1. The van der Waals surface area contributed by atoms with Gasteiger partial charge in [0.15, 0.2) is 6.61 Å². The first-order valence-corrected chi connectivity index (χ1v) is 5.53. The van der Waals surface area contributed by atoms with Gasteiger partial charge in [0.1, 0.15) is 0 Å². The van der Waals surface area contributed by atoms with Gasteiger partial charge in [-0.25, -0.2) is 4.79 Å². The Morgan fingerprint density at radius 3 is 2.83 bits per heavy atom. The van der Waals surface area contributed by atoms with Gasteiger partial charge in [-0.1, -0.05) is 24.3 Å². The van der Waals surface area contributed by atoms with Crippen molar-refractivity contribution in [3.8, 4) is 0 Å². The van der Waals surface area contributed by atoms with E-state index in [2.05, 4.69) is 10.1 Å². The van der Waals surface area contributed by atoms with Crippen molar-refractivity contribution < 1.29 is 22.7 Å². The molecule has 0 radical (unpaired) electrons. The Labute approximate surface area is 102 Å². The van der Waals surface area contributed by atoms with Crippen molar-refractivity contribution in [1.29, 1.82) is 0 Å². The number of rotatable bonds is 2. The summed E-state index contributed by atoms with van der Waals surface area (Å²) in [7, 11) is 0. The van der Waals surface area contributed by atoms with Crippen LogP contribution in [0, 0.1) is 0 Å². The minimum atomic E-state index is -4.50. The van der Waals surface area contributed by atoms with Crippen LogP contribution >= 0.6 is 0 Å². The molecule has 1 aliphatic rings. The van der Waals surface area contributed by atoms with E-state index in [0.717, 1.165) is 17.5 Å². The molecule has 18 heavy (non-hydrogen) atoms. The standard InChI is InChI=1S/C12H12F3NO2/c13-12(14,15)7-18-11(17)16-10-6-5-8-3-1-2-4-9(8)10/h1-4,10H,5-7H2,(H,16,17)/t10-/m1/s1. The number of amides is 1. The van der Waals surface area contributed by atoms with E-state index in [1.807, 2.05) is 24.3 Å². The maximum Gasteiger partial charge on any atom is 0.422 e. The predicted molar refractivity (Wildman–Crippen MR) is 58.0 cm³/mol. The average molecular weight is 259 g/mol. The van der Waals surface area contributed by atoms with Crippen LogP contribution in [0.15, 0.2) is 24.3 Å². The van der Waals surface area contributed by atoms with Crippen molar-refractivity contribution in [3.63, 3.8) is 0 Å². The molecule has 1 aliphatic carbocycles. The number of aryl methyl sites for hydroxylation is 1. The van der Waals surface area contributed by atoms with Gasteiger partial charge in [0.2, 0.25) is 0 Å². The van der Waals surface area contributed by atoms with E-state index in [1.165, 1.54) is 0 Å². The number of fused-ring (bicyclic) bond motifs is 1. The molecule has 98 valence electrons. The lowest BCUT2D eigenvalue weighted by Gasteiger charge is -2.14. The Bertz CT molecular complexity index is 445. The summed E-state index contributed by atoms with van der Waals surface area (Å²) in [6, 6.07) is 7.26. The number of halogens is 3. The lowest BCUT2D eigenvalue weighted by Crippen LogP contribution is -2.31. The molecule has 1 N–H and O–H groups in total. The van der Waals surface area contributed by atoms with Gasteiger partial charge in [0.05, 0.1) is 6.04 Å². The van der Waals surface area contributed by atoms with Gasteiger partial charge in [0.25, 0.3) is 0 Å².